The van der Waals surface area contributed by atoms with E-state index in [1.807, 2.05) is 36.4 Å². The van der Waals surface area contributed by atoms with Crippen molar-refractivity contribution >= 4 is 0 Å². The smallest absolute Gasteiger partial charge is 0.274 e. The van der Waals surface area contributed by atoms with Crippen molar-refractivity contribution in [1.29, 1.82) is 0 Å². The van der Waals surface area contributed by atoms with Crippen molar-refractivity contribution in [2.24, 2.45) is 0 Å². The maximum absolute atomic E-state index is 12.6. The molecule has 22 heavy (non-hydrogen) atoms. The second-order valence-electron chi connectivity index (χ2n) is 4.80. The molecule has 0 saturated carbocycles. The Kier molecular flexibility index (Phi) is 3.96. The van der Waals surface area contributed by atoms with Crippen LogP contribution in [0.2, 0.25) is 0 Å². The summed E-state index contributed by atoms with van der Waals surface area (Å²) in [6, 6.07) is 12.9. The minimum absolute atomic E-state index is 0.128. The first-order chi connectivity index (χ1) is 10.8. The molecule has 0 unspecified atom stereocenters. The number of benzene rings is 1. The molecule has 2 aromatic heterocycles. The molecule has 2 heterocycles. The van der Waals surface area contributed by atoms with Gasteiger partial charge in [-0.15, -0.1) is 0 Å². The standard InChI is InChI=1S/C17H15N3O2/c1-22-15-6-4-14(5-7-15)16-8-10-19-20(17(16)21)12-13-3-2-9-18-11-13/h2-11H,12H2,1H3. The van der Waals surface area contributed by atoms with Crippen molar-refractivity contribution in [1.82, 2.24) is 14.8 Å². The highest BCUT2D eigenvalue weighted by molar-refractivity contribution is 5.62. The van der Waals surface area contributed by atoms with Gasteiger partial charge in [-0.05, 0) is 35.4 Å². The largest absolute Gasteiger partial charge is 0.497 e. The van der Waals surface area contributed by atoms with Crippen LogP contribution < -0.4 is 10.3 Å². The zero-order chi connectivity index (χ0) is 15.4. The third-order valence-corrected chi connectivity index (χ3v) is 3.37. The summed E-state index contributed by atoms with van der Waals surface area (Å²) in [6.45, 7) is 0.399. The van der Waals surface area contributed by atoms with Crippen molar-refractivity contribution in [2.45, 2.75) is 6.54 Å². The van der Waals surface area contributed by atoms with Crippen LogP contribution in [0.1, 0.15) is 5.56 Å². The van der Waals surface area contributed by atoms with Gasteiger partial charge in [-0.3, -0.25) is 9.78 Å². The van der Waals surface area contributed by atoms with E-state index < -0.39 is 0 Å². The molecule has 3 rings (SSSR count). The van der Waals surface area contributed by atoms with Gasteiger partial charge in [0.2, 0.25) is 0 Å². The van der Waals surface area contributed by atoms with Crippen molar-refractivity contribution in [3.8, 4) is 16.9 Å². The Morgan fingerprint density at radius 2 is 1.91 bits per heavy atom. The average Bonchev–Trinajstić information content (AvgIpc) is 2.58. The average molecular weight is 293 g/mol. The van der Waals surface area contributed by atoms with E-state index in [2.05, 4.69) is 10.1 Å². The van der Waals surface area contributed by atoms with Gasteiger partial charge < -0.3 is 4.74 Å². The van der Waals surface area contributed by atoms with Crippen molar-refractivity contribution in [2.75, 3.05) is 7.11 Å². The highest BCUT2D eigenvalue weighted by Crippen LogP contribution is 2.19. The van der Waals surface area contributed by atoms with Gasteiger partial charge >= 0.3 is 0 Å². The summed E-state index contributed by atoms with van der Waals surface area (Å²) in [4.78, 5) is 16.6. The molecule has 0 saturated heterocycles. The molecule has 0 amide bonds. The normalized spacial score (nSPS) is 10.4. The molecule has 3 aromatic rings. The van der Waals surface area contributed by atoms with Crippen LogP contribution in [-0.4, -0.2) is 21.9 Å². The van der Waals surface area contributed by atoms with E-state index in [0.717, 1.165) is 16.9 Å². The Balaban J connectivity index is 1.96. The van der Waals surface area contributed by atoms with Crippen molar-refractivity contribution in [3.05, 3.63) is 77.0 Å². The molecule has 0 spiro atoms. The van der Waals surface area contributed by atoms with Gasteiger partial charge in [0.05, 0.1) is 19.2 Å². The summed E-state index contributed by atoms with van der Waals surface area (Å²) in [7, 11) is 1.61. The molecule has 0 aliphatic heterocycles. The van der Waals surface area contributed by atoms with Gasteiger partial charge in [0, 0.05) is 18.6 Å². The quantitative estimate of drug-likeness (QED) is 0.741. The van der Waals surface area contributed by atoms with Crippen LogP contribution in [0.25, 0.3) is 11.1 Å². The summed E-state index contributed by atoms with van der Waals surface area (Å²) in [6.07, 6.45) is 5.07. The molecule has 0 atom stereocenters. The third kappa shape index (κ3) is 2.88. The van der Waals surface area contributed by atoms with E-state index in [4.69, 9.17) is 4.74 Å². The number of ether oxygens (including phenoxy) is 1. The van der Waals surface area contributed by atoms with Crippen molar-refractivity contribution < 1.29 is 4.74 Å². The summed E-state index contributed by atoms with van der Waals surface area (Å²) in [5.41, 5.74) is 2.26. The fraction of sp³-hybridized carbons (Fsp3) is 0.118. The SMILES string of the molecule is COc1ccc(-c2ccnn(Cc3cccnc3)c2=O)cc1. The topological polar surface area (TPSA) is 57.0 Å². The zero-order valence-electron chi connectivity index (χ0n) is 12.1. The van der Waals surface area contributed by atoms with E-state index in [1.54, 1.807) is 31.8 Å². The van der Waals surface area contributed by atoms with Gasteiger partial charge in [-0.2, -0.15) is 5.10 Å². The number of pyridine rings is 1. The van der Waals surface area contributed by atoms with Gasteiger partial charge in [0.1, 0.15) is 5.75 Å². The maximum atomic E-state index is 12.6. The van der Waals surface area contributed by atoms with Crippen LogP contribution in [0.15, 0.2) is 65.8 Å². The first kappa shape index (κ1) is 14.0. The summed E-state index contributed by atoms with van der Waals surface area (Å²) < 4.78 is 6.58. The Labute approximate surface area is 127 Å². The number of hydrogen-bond acceptors (Lipinski definition) is 4. The Morgan fingerprint density at radius 1 is 1.09 bits per heavy atom. The lowest BCUT2D eigenvalue weighted by atomic mass is 10.1. The highest BCUT2D eigenvalue weighted by Gasteiger charge is 2.07. The van der Waals surface area contributed by atoms with Gasteiger partial charge in [0.25, 0.3) is 5.56 Å². The number of aromatic nitrogens is 3. The molecule has 0 N–H and O–H groups in total. The first-order valence-electron chi connectivity index (χ1n) is 6.87. The molecule has 5 nitrogen and oxygen atoms in total. The van der Waals surface area contributed by atoms with Gasteiger partial charge in [-0.1, -0.05) is 18.2 Å². The molecule has 5 heteroatoms. The second kappa shape index (κ2) is 6.22. The number of methoxy groups -OCH3 is 1. The van der Waals surface area contributed by atoms with Gasteiger partial charge in [-0.25, -0.2) is 4.68 Å². The lowest BCUT2D eigenvalue weighted by Crippen LogP contribution is -2.24. The Bertz CT molecular complexity index is 811. The van der Waals surface area contributed by atoms with E-state index in [-0.39, 0.29) is 5.56 Å². The Hall–Kier alpha value is -2.95. The molecule has 0 fully saturated rings. The van der Waals surface area contributed by atoms with E-state index in [0.29, 0.717) is 12.1 Å². The lowest BCUT2D eigenvalue weighted by molar-refractivity contribution is 0.415. The fourth-order valence-electron chi connectivity index (χ4n) is 2.22. The number of nitrogens with zero attached hydrogens (tertiary/aromatic N) is 3. The van der Waals surface area contributed by atoms with Crippen LogP contribution in [0.3, 0.4) is 0 Å². The molecular formula is C17H15N3O2. The van der Waals surface area contributed by atoms with Gasteiger partial charge in [0.15, 0.2) is 0 Å². The fourth-order valence-corrected chi connectivity index (χ4v) is 2.22. The first-order valence-corrected chi connectivity index (χ1v) is 6.87. The molecule has 0 aliphatic carbocycles. The molecule has 0 bridgehead atoms. The van der Waals surface area contributed by atoms with E-state index in [9.17, 15) is 4.79 Å². The van der Waals surface area contributed by atoms with Crippen LogP contribution in [0.4, 0.5) is 0 Å². The van der Waals surface area contributed by atoms with Crippen LogP contribution in [-0.2, 0) is 6.54 Å². The molecule has 0 aliphatic rings. The monoisotopic (exact) mass is 293 g/mol. The number of hydrogen-bond donors (Lipinski definition) is 0. The zero-order valence-corrected chi connectivity index (χ0v) is 12.1. The number of rotatable bonds is 4. The summed E-state index contributed by atoms with van der Waals surface area (Å²) >= 11 is 0. The summed E-state index contributed by atoms with van der Waals surface area (Å²) in [5, 5.41) is 4.15. The minimum atomic E-state index is -0.128. The molecule has 110 valence electrons. The minimum Gasteiger partial charge on any atom is -0.497 e. The lowest BCUT2D eigenvalue weighted by Gasteiger charge is -2.07. The maximum Gasteiger partial charge on any atom is 0.274 e. The van der Waals surface area contributed by atoms with E-state index in [1.165, 1.54) is 4.68 Å². The van der Waals surface area contributed by atoms with Crippen molar-refractivity contribution in [3.63, 3.8) is 0 Å². The predicted octanol–water partition coefficient (Wildman–Crippen LogP) is 2.36. The third-order valence-electron chi connectivity index (χ3n) is 3.37. The molecular weight excluding hydrogens is 278 g/mol. The molecule has 1 aromatic carbocycles. The van der Waals surface area contributed by atoms with Crippen LogP contribution >= 0.6 is 0 Å². The second-order valence-corrected chi connectivity index (χ2v) is 4.80. The predicted molar refractivity (Wildman–Crippen MR) is 83.8 cm³/mol. The molecule has 0 radical (unpaired) electrons. The summed E-state index contributed by atoms with van der Waals surface area (Å²) in [5.74, 6) is 0.758. The Morgan fingerprint density at radius 3 is 2.59 bits per heavy atom. The van der Waals surface area contributed by atoms with Crippen LogP contribution in [0, 0.1) is 0 Å². The van der Waals surface area contributed by atoms with E-state index >= 15 is 0 Å². The highest BCUT2D eigenvalue weighted by atomic mass is 16.5. The van der Waals surface area contributed by atoms with Crippen LogP contribution in [0.5, 0.6) is 5.75 Å².